The number of carbonyl (C=O) groups excluding carboxylic acids is 6. The molecule has 0 aliphatic carbocycles. The standard InChI is InChI=1S/C41H50N6O8/c1-4-5-20-35(47(2)41(53)34(44-36(48)26-54-3)22-29-24-43-31-19-13-12-18-30(29)31)40(52)46-33(23-37(49)55-25-28-16-10-7-11-17-28)39(51)45-32(38(42)50)21-27-14-8-6-9-15-27/h6-19,24,32-35,43H,4-5,20-23,25-26H2,1-3H3,(H2,42,50)(H,44,48)(H,45,51)(H,46,52)/t32-,33-,34-,35-/m0/s1. The minimum Gasteiger partial charge on any atom is -0.461 e. The van der Waals surface area contributed by atoms with Crippen molar-refractivity contribution in [2.45, 2.75) is 76.2 Å². The van der Waals surface area contributed by atoms with Gasteiger partial charge in [0.05, 0.1) is 6.42 Å². The summed E-state index contributed by atoms with van der Waals surface area (Å²) in [6, 6.07) is 20.6. The summed E-state index contributed by atoms with van der Waals surface area (Å²) in [6.07, 6.45) is 2.81. The number of esters is 1. The molecule has 0 aliphatic rings. The maximum absolute atomic E-state index is 14.2. The van der Waals surface area contributed by atoms with E-state index in [-0.39, 0.29) is 32.5 Å². The van der Waals surface area contributed by atoms with Gasteiger partial charge in [0, 0.05) is 44.1 Å². The number of methoxy groups -OCH3 is 1. The molecule has 55 heavy (non-hydrogen) atoms. The van der Waals surface area contributed by atoms with Crippen LogP contribution in [-0.2, 0) is 57.7 Å². The summed E-state index contributed by atoms with van der Waals surface area (Å²) in [7, 11) is 2.82. The van der Waals surface area contributed by atoms with Gasteiger partial charge in [0.2, 0.25) is 29.5 Å². The average Bonchev–Trinajstić information content (AvgIpc) is 3.59. The van der Waals surface area contributed by atoms with E-state index in [1.807, 2.05) is 43.3 Å². The van der Waals surface area contributed by atoms with Crippen molar-refractivity contribution in [2.24, 2.45) is 5.73 Å². The fraction of sp³-hybridized carbons (Fsp3) is 0.366. The summed E-state index contributed by atoms with van der Waals surface area (Å²) in [4.78, 5) is 85.0. The lowest BCUT2D eigenvalue weighted by Gasteiger charge is -2.32. The van der Waals surface area contributed by atoms with Crippen LogP contribution >= 0.6 is 0 Å². The lowest BCUT2D eigenvalue weighted by Crippen LogP contribution is -2.59. The number of benzene rings is 3. The van der Waals surface area contributed by atoms with Gasteiger partial charge in [-0.3, -0.25) is 28.8 Å². The molecule has 6 N–H and O–H groups in total. The van der Waals surface area contributed by atoms with E-state index in [0.29, 0.717) is 12.8 Å². The Morgan fingerprint density at radius 1 is 0.782 bits per heavy atom. The Bertz CT molecular complexity index is 1900. The quantitative estimate of drug-likeness (QED) is 0.0799. The molecule has 0 spiro atoms. The maximum Gasteiger partial charge on any atom is 0.308 e. The minimum absolute atomic E-state index is 0.0666. The second-order valence-corrected chi connectivity index (χ2v) is 13.3. The highest BCUT2D eigenvalue weighted by Crippen LogP contribution is 2.21. The summed E-state index contributed by atoms with van der Waals surface area (Å²) in [6.45, 7) is 1.58. The van der Waals surface area contributed by atoms with E-state index in [1.54, 1.807) is 54.7 Å². The first-order valence-electron chi connectivity index (χ1n) is 18.2. The number of likely N-dealkylation sites (N-methyl/N-ethyl adjacent to an activating group) is 1. The van der Waals surface area contributed by atoms with Crippen molar-refractivity contribution >= 4 is 46.4 Å². The number of H-pyrrole nitrogens is 1. The van der Waals surface area contributed by atoms with E-state index < -0.39 is 66.1 Å². The lowest BCUT2D eigenvalue weighted by atomic mass is 10.0. The Kier molecular flexibility index (Phi) is 15.9. The van der Waals surface area contributed by atoms with Crippen LogP contribution in [0.4, 0.5) is 0 Å². The van der Waals surface area contributed by atoms with Crippen LogP contribution in [0.25, 0.3) is 10.9 Å². The number of nitrogens with zero attached hydrogens (tertiary/aromatic N) is 1. The first-order valence-corrected chi connectivity index (χ1v) is 18.2. The number of carbonyl (C=O) groups is 6. The molecule has 0 aliphatic heterocycles. The molecule has 1 aromatic heterocycles. The molecular formula is C41H50N6O8. The molecule has 0 saturated heterocycles. The highest BCUT2D eigenvalue weighted by Gasteiger charge is 2.35. The third-order valence-electron chi connectivity index (χ3n) is 9.15. The number of unbranched alkanes of at least 4 members (excludes halogenated alkanes) is 1. The molecule has 0 bridgehead atoms. The van der Waals surface area contributed by atoms with E-state index in [4.69, 9.17) is 15.2 Å². The molecule has 0 fully saturated rings. The second kappa shape index (κ2) is 21.0. The van der Waals surface area contributed by atoms with Crippen LogP contribution < -0.4 is 21.7 Å². The van der Waals surface area contributed by atoms with Crippen molar-refractivity contribution in [1.29, 1.82) is 0 Å². The van der Waals surface area contributed by atoms with Gasteiger partial charge in [-0.05, 0) is 29.2 Å². The molecule has 292 valence electrons. The molecule has 3 aromatic carbocycles. The Morgan fingerprint density at radius 2 is 1.42 bits per heavy atom. The fourth-order valence-corrected chi connectivity index (χ4v) is 6.17. The molecule has 5 amide bonds. The van der Waals surface area contributed by atoms with Gasteiger partial charge in [-0.1, -0.05) is 98.6 Å². The number of aromatic nitrogens is 1. The fourth-order valence-electron chi connectivity index (χ4n) is 6.17. The number of primary amides is 1. The van der Waals surface area contributed by atoms with Crippen LogP contribution in [0.3, 0.4) is 0 Å². The third kappa shape index (κ3) is 12.5. The number of nitrogens with one attached hydrogen (secondary N) is 4. The molecule has 4 aromatic rings. The van der Waals surface area contributed by atoms with E-state index in [0.717, 1.165) is 27.6 Å². The minimum atomic E-state index is -1.50. The van der Waals surface area contributed by atoms with Crippen LogP contribution in [0, 0.1) is 0 Å². The van der Waals surface area contributed by atoms with Crippen molar-refractivity contribution in [3.63, 3.8) is 0 Å². The van der Waals surface area contributed by atoms with Crippen molar-refractivity contribution in [3.8, 4) is 0 Å². The highest BCUT2D eigenvalue weighted by atomic mass is 16.5. The number of nitrogens with two attached hydrogens (primary N) is 1. The summed E-state index contributed by atoms with van der Waals surface area (Å²) in [5.74, 6) is -4.21. The second-order valence-electron chi connectivity index (χ2n) is 13.3. The number of fused-ring (bicyclic) bond motifs is 1. The molecule has 0 radical (unpaired) electrons. The zero-order valence-electron chi connectivity index (χ0n) is 31.4. The predicted molar refractivity (Wildman–Crippen MR) is 206 cm³/mol. The first kappa shape index (κ1) is 41.7. The smallest absolute Gasteiger partial charge is 0.308 e. The van der Waals surface area contributed by atoms with Gasteiger partial charge in [-0.25, -0.2) is 0 Å². The number of ether oxygens (including phenoxy) is 2. The van der Waals surface area contributed by atoms with E-state index in [1.165, 1.54) is 19.1 Å². The predicted octanol–water partition coefficient (Wildman–Crippen LogP) is 2.69. The van der Waals surface area contributed by atoms with Gasteiger partial charge in [0.1, 0.15) is 37.4 Å². The topological polar surface area (TPSA) is 202 Å². The van der Waals surface area contributed by atoms with Crippen molar-refractivity contribution < 1.29 is 38.2 Å². The van der Waals surface area contributed by atoms with Gasteiger partial charge >= 0.3 is 5.97 Å². The molecule has 1 heterocycles. The summed E-state index contributed by atoms with van der Waals surface area (Å²) >= 11 is 0. The maximum atomic E-state index is 14.2. The van der Waals surface area contributed by atoms with Crippen LogP contribution in [-0.4, -0.2) is 90.3 Å². The van der Waals surface area contributed by atoms with E-state index in [9.17, 15) is 28.8 Å². The van der Waals surface area contributed by atoms with Gasteiger partial charge in [0.25, 0.3) is 0 Å². The highest BCUT2D eigenvalue weighted by molar-refractivity contribution is 5.97. The monoisotopic (exact) mass is 754 g/mol. The number of amides is 5. The van der Waals surface area contributed by atoms with Crippen LogP contribution in [0.2, 0.25) is 0 Å². The summed E-state index contributed by atoms with van der Waals surface area (Å²) in [5.41, 5.74) is 8.75. The largest absolute Gasteiger partial charge is 0.461 e. The normalized spacial score (nSPS) is 13.1. The van der Waals surface area contributed by atoms with Gasteiger partial charge < -0.3 is 41.0 Å². The van der Waals surface area contributed by atoms with Gasteiger partial charge in [-0.15, -0.1) is 0 Å². The van der Waals surface area contributed by atoms with Crippen LogP contribution in [0.5, 0.6) is 0 Å². The van der Waals surface area contributed by atoms with E-state index >= 15 is 0 Å². The van der Waals surface area contributed by atoms with Gasteiger partial charge in [-0.2, -0.15) is 0 Å². The molecule has 4 atom stereocenters. The van der Waals surface area contributed by atoms with Crippen molar-refractivity contribution in [1.82, 2.24) is 25.8 Å². The summed E-state index contributed by atoms with van der Waals surface area (Å²) < 4.78 is 10.4. The molecule has 14 heteroatoms. The number of hydrogen-bond donors (Lipinski definition) is 5. The SMILES string of the molecule is CCCC[C@@H](C(=O)N[C@@H](CC(=O)OCc1ccccc1)C(=O)N[C@@H](Cc1ccccc1)C(N)=O)N(C)C(=O)[C@H](Cc1c[nH]c2ccccc12)NC(=O)COC. The lowest BCUT2D eigenvalue weighted by molar-refractivity contribution is -0.148. The first-order chi connectivity index (χ1) is 26.5. The zero-order valence-corrected chi connectivity index (χ0v) is 31.4. The average molecular weight is 755 g/mol. The Morgan fingerprint density at radius 3 is 2.07 bits per heavy atom. The Balaban J connectivity index is 1.58. The summed E-state index contributed by atoms with van der Waals surface area (Å²) in [5, 5.41) is 8.87. The van der Waals surface area contributed by atoms with E-state index in [2.05, 4.69) is 20.9 Å². The number of para-hydroxylation sites is 1. The van der Waals surface area contributed by atoms with Crippen LogP contribution in [0.1, 0.15) is 49.3 Å². The Hall–Kier alpha value is -6.02. The van der Waals surface area contributed by atoms with Crippen molar-refractivity contribution in [2.75, 3.05) is 20.8 Å². The molecule has 0 unspecified atom stereocenters. The van der Waals surface area contributed by atoms with Crippen LogP contribution in [0.15, 0.2) is 91.1 Å². The third-order valence-corrected chi connectivity index (χ3v) is 9.15. The van der Waals surface area contributed by atoms with Gasteiger partial charge in [0.15, 0.2) is 0 Å². The molecule has 4 rings (SSSR count). The number of rotatable bonds is 21. The molecule has 0 saturated carbocycles. The number of aromatic amines is 1. The molecule has 14 nitrogen and oxygen atoms in total. The van der Waals surface area contributed by atoms with Crippen molar-refractivity contribution in [3.05, 3.63) is 108 Å². The molecular weight excluding hydrogens is 704 g/mol. The number of hydrogen-bond acceptors (Lipinski definition) is 8. The Labute approximate surface area is 320 Å². The zero-order chi connectivity index (χ0) is 39.7.